The van der Waals surface area contributed by atoms with E-state index in [1.54, 1.807) is 10.9 Å². The predicted octanol–water partition coefficient (Wildman–Crippen LogP) is 3.42. The summed E-state index contributed by atoms with van der Waals surface area (Å²) in [5.41, 5.74) is 1.50. The standard InChI is InChI=1S/C16H19N3O/c20-16(13-8-4-1-2-5-9-13)15-12-17-18-19(15)14-10-6-3-7-11-14/h3,6-7,10-13H,1-2,4-5,8-9H2. The molecule has 1 aromatic carbocycles. The van der Waals surface area contributed by atoms with Crippen LogP contribution in [0.25, 0.3) is 5.69 Å². The van der Waals surface area contributed by atoms with Crippen molar-refractivity contribution in [2.45, 2.75) is 38.5 Å². The van der Waals surface area contributed by atoms with Gasteiger partial charge in [0.15, 0.2) is 5.78 Å². The van der Waals surface area contributed by atoms with Crippen LogP contribution < -0.4 is 0 Å². The summed E-state index contributed by atoms with van der Waals surface area (Å²) < 4.78 is 1.66. The normalized spacial score (nSPS) is 16.8. The first-order chi connectivity index (χ1) is 9.86. The summed E-state index contributed by atoms with van der Waals surface area (Å²) in [6, 6.07) is 9.72. The zero-order chi connectivity index (χ0) is 13.8. The summed E-state index contributed by atoms with van der Waals surface area (Å²) in [4.78, 5) is 12.7. The van der Waals surface area contributed by atoms with Gasteiger partial charge in [-0.1, -0.05) is 49.1 Å². The summed E-state index contributed by atoms with van der Waals surface area (Å²) >= 11 is 0. The van der Waals surface area contributed by atoms with Gasteiger partial charge in [-0.25, -0.2) is 4.68 Å². The molecule has 0 radical (unpaired) electrons. The Kier molecular flexibility index (Phi) is 3.90. The minimum absolute atomic E-state index is 0.137. The third kappa shape index (κ3) is 2.64. The molecule has 1 heterocycles. The summed E-state index contributed by atoms with van der Waals surface area (Å²) in [6.45, 7) is 0. The molecular weight excluding hydrogens is 250 g/mol. The van der Waals surface area contributed by atoms with Crippen molar-refractivity contribution in [3.05, 3.63) is 42.2 Å². The van der Waals surface area contributed by atoms with Crippen LogP contribution in [-0.4, -0.2) is 20.8 Å². The number of rotatable bonds is 3. The molecule has 0 bridgehead atoms. The molecule has 0 atom stereocenters. The smallest absolute Gasteiger partial charge is 0.186 e. The van der Waals surface area contributed by atoms with Crippen LogP contribution in [0.5, 0.6) is 0 Å². The highest BCUT2D eigenvalue weighted by Gasteiger charge is 2.25. The van der Waals surface area contributed by atoms with E-state index >= 15 is 0 Å². The van der Waals surface area contributed by atoms with E-state index in [0.717, 1.165) is 31.4 Å². The van der Waals surface area contributed by atoms with Gasteiger partial charge in [-0.05, 0) is 25.0 Å². The zero-order valence-electron chi connectivity index (χ0n) is 11.5. The number of para-hydroxylation sites is 1. The van der Waals surface area contributed by atoms with Crippen molar-refractivity contribution in [3.8, 4) is 5.69 Å². The average Bonchev–Trinajstić information content (AvgIpc) is 2.82. The Balaban J connectivity index is 1.87. The molecule has 1 aromatic heterocycles. The van der Waals surface area contributed by atoms with E-state index in [1.165, 1.54) is 12.8 Å². The molecule has 0 aliphatic heterocycles. The van der Waals surface area contributed by atoms with Gasteiger partial charge in [-0.2, -0.15) is 0 Å². The lowest BCUT2D eigenvalue weighted by Gasteiger charge is -2.13. The van der Waals surface area contributed by atoms with Gasteiger partial charge in [0, 0.05) is 5.92 Å². The molecule has 1 aliphatic carbocycles. The summed E-state index contributed by atoms with van der Waals surface area (Å²) in [7, 11) is 0. The van der Waals surface area contributed by atoms with Crippen LogP contribution in [0.3, 0.4) is 0 Å². The minimum Gasteiger partial charge on any atom is -0.292 e. The van der Waals surface area contributed by atoms with Crippen LogP contribution in [0.4, 0.5) is 0 Å². The molecule has 4 heteroatoms. The second-order valence-electron chi connectivity index (χ2n) is 5.42. The summed E-state index contributed by atoms with van der Waals surface area (Å²) in [5, 5.41) is 8.00. The Hall–Kier alpha value is -1.97. The lowest BCUT2D eigenvalue weighted by Crippen LogP contribution is -2.18. The second-order valence-corrected chi connectivity index (χ2v) is 5.42. The third-order valence-corrected chi connectivity index (χ3v) is 4.03. The Morgan fingerprint density at radius 2 is 1.75 bits per heavy atom. The molecule has 0 N–H and O–H groups in total. The maximum atomic E-state index is 12.7. The zero-order valence-corrected chi connectivity index (χ0v) is 11.5. The molecule has 0 unspecified atom stereocenters. The Morgan fingerprint density at radius 1 is 1.05 bits per heavy atom. The number of hydrogen-bond donors (Lipinski definition) is 0. The minimum atomic E-state index is 0.137. The molecule has 3 rings (SSSR count). The average molecular weight is 269 g/mol. The molecule has 2 aromatic rings. The van der Waals surface area contributed by atoms with Crippen molar-refractivity contribution in [3.63, 3.8) is 0 Å². The van der Waals surface area contributed by atoms with E-state index in [0.29, 0.717) is 5.69 Å². The van der Waals surface area contributed by atoms with Crippen LogP contribution in [0, 0.1) is 5.92 Å². The van der Waals surface area contributed by atoms with Crippen LogP contribution >= 0.6 is 0 Å². The lowest BCUT2D eigenvalue weighted by molar-refractivity contribution is 0.0900. The monoisotopic (exact) mass is 269 g/mol. The first-order valence-electron chi connectivity index (χ1n) is 7.36. The van der Waals surface area contributed by atoms with Crippen molar-refractivity contribution in [1.82, 2.24) is 15.0 Å². The molecule has 104 valence electrons. The van der Waals surface area contributed by atoms with Gasteiger partial charge < -0.3 is 0 Å². The fourth-order valence-corrected chi connectivity index (χ4v) is 2.91. The Morgan fingerprint density at radius 3 is 2.45 bits per heavy atom. The van der Waals surface area contributed by atoms with Crippen LogP contribution in [-0.2, 0) is 0 Å². The fourth-order valence-electron chi connectivity index (χ4n) is 2.91. The number of nitrogens with zero attached hydrogens (tertiary/aromatic N) is 3. The molecule has 4 nitrogen and oxygen atoms in total. The van der Waals surface area contributed by atoms with Crippen molar-refractivity contribution in [2.75, 3.05) is 0 Å². The topological polar surface area (TPSA) is 47.8 Å². The van der Waals surface area contributed by atoms with E-state index in [1.807, 2.05) is 30.3 Å². The largest absolute Gasteiger partial charge is 0.292 e. The number of hydrogen-bond acceptors (Lipinski definition) is 3. The molecule has 0 spiro atoms. The molecule has 0 saturated heterocycles. The SMILES string of the molecule is O=C(c1cnnn1-c1ccccc1)C1CCCCCC1. The van der Waals surface area contributed by atoms with E-state index in [9.17, 15) is 4.79 Å². The van der Waals surface area contributed by atoms with Crippen LogP contribution in [0.2, 0.25) is 0 Å². The van der Waals surface area contributed by atoms with Crippen LogP contribution in [0.1, 0.15) is 49.0 Å². The first kappa shape index (κ1) is 13.0. The first-order valence-corrected chi connectivity index (χ1v) is 7.36. The predicted molar refractivity (Wildman–Crippen MR) is 76.9 cm³/mol. The molecule has 20 heavy (non-hydrogen) atoms. The highest BCUT2D eigenvalue weighted by molar-refractivity contribution is 5.96. The molecule has 1 aliphatic rings. The van der Waals surface area contributed by atoms with Gasteiger partial charge in [0.2, 0.25) is 0 Å². The number of ketones is 1. The van der Waals surface area contributed by atoms with Gasteiger partial charge in [0.25, 0.3) is 0 Å². The van der Waals surface area contributed by atoms with Crippen LogP contribution in [0.15, 0.2) is 36.5 Å². The summed E-state index contributed by atoms with van der Waals surface area (Å²) in [5.74, 6) is 0.333. The van der Waals surface area contributed by atoms with Gasteiger partial charge in [0.05, 0.1) is 11.9 Å². The van der Waals surface area contributed by atoms with E-state index in [-0.39, 0.29) is 11.7 Å². The van der Waals surface area contributed by atoms with Gasteiger partial charge in [-0.3, -0.25) is 4.79 Å². The van der Waals surface area contributed by atoms with Crippen molar-refractivity contribution in [1.29, 1.82) is 0 Å². The lowest BCUT2D eigenvalue weighted by atomic mass is 9.94. The second kappa shape index (κ2) is 5.99. The molecule has 1 fully saturated rings. The van der Waals surface area contributed by atoms with E-state index in [2.05, 4.69) is 10.3 Å². The quantitative estimate of drug-likeness (QED) is 0.633. The highest BCUT2D eigenvalue weighted by Crippen LogP contribution is 2.26. The number of carbonyl (C=O) groups excluding carboxylic acids is 1. The Bertz CT molecular complexity index is 568. The van der Waals surface area contributed by atoms with Crippen molar-refractivity contribution in [2.24, 2.45) is 5.92 Å². The number of aromatic nitrogens is 3. The molecular formula is C16H19N3O. The number of Topliss-reactive ketones (excluding diaryl/α,β-unsaturated/α-hetero) is 1. The maximum Gasteiger partial charge on any atom is 0.186 e. The third-order valence-electron chi connectivity index (χ3n) is 4.03. The van der Waals surface area contributed by atoms with E-state index < -0.39 is 0 Å². The number of benzene rings is 1. The van der Waals surface area contributed by atoms with Gasteiger partial charge in [0.1, 0.15) is 5.69 Å². The molecule has 1 saturated carbocycles. The van der Waals surface area contributed by atoms with Crippen molar-refractivity contribution >= 4 is 5.78 Å². The molecule has 0 amide bonds. The highest BCUT2D eigenvalue weighted by atomic mass is 16.1. The van der Waals surface area contributed by atoms with E-state index in [4.69, 9.17) is 0 Å². The van der Waals surface area contributed by atoms with Crippen molar-refractivity contribution < 1.29 is 4.79 Å². The van der Waals surface area contributed by atoms with Gasteiger partial charge in [-0.15, -0.1) is 5.10 Å². The summed E-state index contributed by atoms with van der Waals surface area (Å²) in [6.07, 6.45) is 8.41. The Labute approximate surface area is 118 Å². The fraction of sp³-hybridized carbons (Fsp3) is 0.438. The maximum absolute atomic E-state index is 12.7. The number of carbonyl (C=O) groups is 1. The van der Waals surface area contributed by atoms with Gasteiger partial charge >= 0.3 is 0 Å².